The second kappa shape index (κ2) is 17.8. The summed E-state index contributed by atoms with van der Waals surface area (Å²) < 4.78 is 45.7. The van der Waals surface area contributed by atoms with Crippen LogP contribution in [0.5, 0.6) is 0 Å². The number of fused-ring (bicyclic) bond motifs is 1. The molecular weight excluding hydrogens is 719 g/mol. The minimum atomic E-state index is -4.88. The number of alkyl carbamates (subject to hydrolysis) is 1. The molecule has 4 N–H and O–H groups in total. The van der Waals surface area contributed by atoms with Gasteiger partial charge in [0, 0.05) is 12.3 Å². The van der Waals surface area contributed by atoms with Gasteiger partial charge in [0.2, 0.25) is 11.9 Å². The van der Waals surface area contributed by atoms with Crippen LogP contribution >= 0.6 is 7.82 Å². The fourth-order valence-electron chi connectivity index (χ4n) is 4.83. The molecule has 4 atom stereocenters. The predicted molar refractivity (Wildman–Crippen MR) is 183 cm³/mol. The largest absolute Gasteiger partial charge is 0.472 e. The Bertz CT molecular complexity index is 2010. The van der Waals surface area contributed by atoms with Crippen molar-refractivity contribution in [2.75, 3.05) is 25.1 Å². The summed E-state index contributed by atoms with van der Waals surface area (Å²) in [5.74, 6) is -2.64. The maximum atomic E-state index is 12.8. The van der Waals surface area contributed by atoms with Crippen molar-refractivity contribution in [1.29, 1.82) is 0 Å². The Kier molecular flexibility index (Phi) is 13.1. The van der Waals surface area contributed by atoms with Crippen LogP contribution < -0.4 is 16.2 Å². The third-order valence-electron chi connectivity index (χ3n) is 7.56. The highest BCUT2D eigenvalue weighted by molar-refractivity contribution is 7.47. The van der Waals surface area contributed by atoms with Crippen LogP contribution in [0.15, 0.2) is 71.8 Å². The van der Waals surface area contributed by atoms with Crippen molar-refractivity contribution in [3.8, 4) is 0 Å². The number of rotatable bonds is 16. The Morgan fingerprint density at radius 1 is 1.00 bits per heavy atom. The van der Waals surface area contributed by atoms with E-state index in [-0.39, 0.29) is 36.7 Å². The number of phosphoric ester groups is 1. The van der Waals surface area contributed by atoms with E-state index in [1.54, 1.807) is 68.4 Å². The molecule has 1 fully saturated rings. The Morgan fingerprint density at radius 2 is 1.64 bits per heavy atom. The molecule has 282 valence electrons. The Hall–Kier alpha value is -5.46. The lowest BCUT2D eigenvalue weighted by molar-refractivity contribution is -0.148. The quantitative estimate of drug-likeness (QED) is 0.0729. The van der Waals surface area contributed by atoms with Gasteiger partial charge in [0.05, 0.1) is 12.9 Å². The minimum absolute atomic E-state index is 0.00826. The summed E-state index contributed by atoms with van der Waals surface area (Å²) in [5.41, 5.74) is 0.699. The summed E-state index contributed by atoms with van der Waals surface area (Å²) in [5, 5.41) is 4.80. The Balaban J connectivity index is 1.24. The average Bonchev–Trinajstić information content (AvgIpc) is 3.75. The number of anilines is 1. The number of phosphoric acid groups is 1. The molecule has 2 aromatic carbocycles. The van der Waals surface area contributed by atoms with E-state index in [9.17, 15) is 33.4 Å². The third kappa shape index (κ3) is 11.3. The second-order valence-corrected chi connectivity index (χ2v) is 13.3. The molecule has 1 unspecified atom stereocenters. The number of amides is 2. The van der Waals surface area contributed by atoms with E-state index in [1.165, 1.54) is 10.9 Å². The number of nitrogens with zero attached hydrogens (tertiary/aromatic N) is 3. The lowest BCUT2D eigenvalue weighted by Gasteiger charge is -2.20. The number of imidazole rings is 1. The molecule has 1 aliphatic heterocycles. The summed E-state index contributed by atoms with van der Waals surface area (Å²) in [4.78, 5) is 83.3. The van der Waals surface area contributed by atoms with Crippen LogP contribution in [0.4, 0.5) is 10.7 Å². The van der Waals surface area contributed by atoms with Gasteiger partial charge in [0.1, 0.15) is 38.2 Å². The van der Waals surface area contributed by atoms with Gasteiger partial charge in [-0.1, -0.05) is 74.5 Å². The zero-order valence-electron chi connectivity index (χ0n) is 28.5. The van der Waals surface area contributed by atoms with E-state index in [0.717, 1.165) is 5.56 Å². The first-order valence-corrected chi connectivity index (χ1v) is 17.7. The van der Waals surface area contributed by atoms with E-state index in [1.807, 2.05) is 6.07 Å². The lowest BCUT2D eigenvalue weighted by Crippen LogP contribution is -2.37. The molecule has 0 saturated carbocycles. The van der Waals surface area contributed by atoms with E-state index in [4.69, 9.17) is 28.0 Å². The normalized spacial score (nSPS) is 17.9. The van der Waals surface area contributed by atoms with Crippen LogP contribution in [0.2, 0.25) is 0 Å². The number of nitrogens with one attached hydrogen (secondary N) is 3. The number of esters is 2. The highest BCUT2D eigenvalue weighted by atomic mass is 31.2. The highest BCUT2D eigenvalue weighted by Crippen LogP contribution is 2.44. The number of hydrogen-bond donors (Lipinski definition) is 4. The molecule has 3 heterocycles. The van der Waals surface area contributed by atoms with Gasteiger partial charge in [0.15, 0.2) is 17.8 Å². The van der Waals surface area contributed by atoms with Gasteiger partial charge in [-0.3, -0.25) is 38.3 Å². The number of aromatic nitrogens is 4. The van der Waals surface area contributed by atoms with E-state index >= 15 is 0 Å². The topological polar surface area (TPSA) is 249 Å². The van der Waals surface area contributed by atoms with Crippen LogP contribution in [0, 0.1) is 5.92 Å². The fraction of sp³-hybridized carbons (Fsp3) is 0.364. The number of aromatic amines is 1. The summed E-state index contributed by atoms with van der Waals surface area (Å²) in [7, 11) is -4.88. The van der Waals surface area contributed by atoms with E-state index in [0.29, 0.717) is 5.56 Å². The van der Waals surface area contributed by atoms with Gasteiger partial charge in [-0.25, -0.2) is 19.1 Å². The van der Waals surface area contributed by atoms with Gasteiger partial charge in [-0.15, -0.1) is 0 Å². The minimum Gasteiger partial charge on any atom is -0.460 e. The SMILES string of the molecule is CC(C)C(=O)Nc1nc2c(ncn2[C@H]2C[C@@H](OC(=O)NCC(=O)OCc3ccccc3)[C@@H](COP(=O)(O)OCC(=O)OCc3ccccc3)O2)c(=O)[nH]1. The lowest BCUT2D eigenvalue weighted by atomic mass is 10.2. The molecular formula is C33H37N6O13P. The second-order valence-electron chi connectivity index (χ2n) is 11.9. The van der Waals surface area contributed by atoms with Gasteiger partial charge in [-0.05, 0) is 11.1 Å². The number of H-pyrrole nitrogens is 1. The summed E-state index contributed by atoms with van der Waals surface area (Å²) in [6.45, 7) is 1.09. The zero-order chi connectivity index (χ0) is 38.0. The first-order chi connectivity index (χ1) is 25.4. The number of hydrogen-bond acceptors (Lipinski definition) is 14. The van der Waals surface area contributed by atoms with Crippen molar-refractivity contribution in [2.45, 2.75) is 51.9 Å². The van der Waals surface area contributed by atoms with Crippen LogP contribution in [-0.2, 0) is 60.2 Å². The Labute approximate surface area is 301 Å². The summed E-state index contributed by atoms with van der Waals surface area (Å²) in [6.07, 6.45) is -3.35. The van der Waals surface area contributed by atoms with Crippen molar-refractivity contribution in [3.63, 3.8) is 0 Å². The molecule has 4 aromatic rings. The van der Waals surface area contributed by atoms with Crippen LogP contribution in [0.25, 0.3) is 11.2 Å². The van der Waals surface area contributed by atoms with Crippen LogP contribution in [-0.4, -0.2) is 80.3 Å². The number of carbonyl (C=O) groups excluding carboxylic acids is 4. The summed E-state index contributed by atoms with van der Waals surface area (Å²) >= 11 is 0. The molecule has 0 aliphatic carbocycles. The number of carbonyl (C=O) groups is 4. The average molecular weight is 757 g/mol. The molecule has 1 saturated heterocycles. The van der Waals surface area contributed by atoms with Gasteiger partial charge >= 0.3 is 25.9 Å². The molecule has 0 spiro atoms. The molecule has 53 heavy (non-hydrogen) atoms. The van der Waals surface area contributed by atoms with Crippen molar-refractivity contribution in [1.82, 2.24) is 24.8 Å². The maximum Gasteiger partial charge on any atom is 0.472 e. The first-order valence-electron chi connectivity index (χ1n) is 16.3. The molecule has 2 aromatic heterocycles. The molecule has 1 aliphatic rings. The smallest absolute Gasteiger partial charge is 0.460 e. The molecule has 0 bridgehead atoms. The third-order valence-corrected chi connectivity index (χ3v) is 8.49. The van der Waals surface area contributed by atoms with Gasteiger partial charge < -0.3 is 29.2 Å². The predicted octanol–water partition coefficient (Wildman–Crippen LogP) is 2.72. The molecule has 19 nitrogen and oxygen atoms in total. The molecule has 20 heteroatoms. The number of benzene rings is 2. The molecule has 2 amide bonds. The maximum absolute atomic E-state index is 12.8. The van der Waals surface area contributed by atoms with Crippen LogP contribution in [0.3, 0.4) is 0 Å². The molecule has 5 rings (SSSR count). The van der Waals surface area contributed by atoms with E-state index < -0.39 is 81.4 Å². The van der Waals surface area contributed by atoms with Crippen molar-refractivity contribution in [2.24, 2.45) is 5.92 Å². The van der Waals surface area contributed by atoms with Gasteiger partial charge in [0.25, 0.3) is 5.56 Å². The molecule has 0 radical (unpaired) electrons. The fourth-order valence-corrected chi connectivity index (χ4v) is 5.51. The summed E-state index contributed by atoms with van der Waals surface area (Å²) in [6, 6.07) is 17.6. The van der Waals surface area contributed by atoms with Crippen LogP contribution in [0.1, 0.15) is 37.6 Å². The first kappa shape index (κ1) is 38.8. The van der Waals surface area contributed by atoms with Gasteiger partial charge in [-0.2, -0.15) is 4.98 Å². The zero-order valence-corrected chi connectivity index (χ0v) is 29.4. The monoisotopic (exact) mass is 756 g/mol. The van der Waals surface area contributed by atoms with Crippen molar-refractivity contribution in [3.05, 3.63) is 88.5 Å². The standard InChI is InChI=1S/C33H37N6O13P/c1-20(2)30(42)37-32-36-29-28(31(43)38-32)35-19-39(29)25-13-23(52-33(44)34-14-26(40)47-15-21-9-5-3-6-10-21)24(51-25)17-49-53(45,46)50-18-27(41)48-16-22-11-7-4-8-12-22/h3-12,19-20,23-25H,13-18H2,1-2H3,(H,34,44)(H,45,46)(H2,36,37,38,42,43)/t23-,24-,25-/m1/s1. The Morgan fingerprint density at radius 3 is 2.28 bits per heavy atom. The highest BCUT2D eigenvalue weighted by Gasteiger charge is 2.41. The van der Waals surface area contributed by atoms with Crippen molar-refractivity contribution < 1.29 is 56.6 Å². The number of ether oxygens (including phenoxy) is 4. The van der Waals surface area contributed by atoms with Crippen molar-refractivity contribution >= 4 is 48.9 Å². The van der Waals surface area contributed by atoms with E-state index in [2.05, 4.69) is 25.6 Å².